The lowest BCUT2D eigenvalue weighted by Crippen LogP contribution is -2.52. The summed E-state index contributed by atoms with van der Waals surface area (Å²) in [5, 5.41) is 6.63. The fourth-order valence-electron chi connectivity index (χ4n) is 6.17. The summed E-state index contributed by atoms with van der Waals surface area (Å²) in [6, 6.07) is 16.3. The van der Waals surface area contributed by atoms with Crippen molar-refractivity contribution < 1.29 is 32.1 Å². The van der Waals surface area contributed by atoms with Gasteiger partial charge in [0.1, 0.15) is 6.54 Å². The van der Waals surface area contributed by atoms with Gasteiger partial charge in [0.25, 0.3) is 11.8 Å². The molecule has 1 unspecified atom stereocenters. The Morgan fingerprint density at radius 2 is 1.54 bits per heavy atom. The number of carbonyl (C=O) groups excluding carboxylic acids is 4. The first kappa shape index (κ1) is 38.6. The number of para-hydroxylation sites is 1. The maximum absolute atomic E-state index is 14.1. The molecule has 0 saturated carbocycles. The van der Waals surface area contributed by atoms with Crippen molar-refractivity contribution in [3.05, 3.63) is 89.1 Å². The summed E-state index contributed by atoms with van der Waals surface area (Å²) in [4.78, 5) is 56.9. The van der Waals surface area contributed by atoms with E-state index in [1.54, 1.807) is 48.5 Å². The number of carbonyl (C=O) groups is 4. The second-order valence-electron chi connectivity index (χ2n) is 12.9. The number of amides is 4. The summed E-state index contributed by atoms with van der Waals surface area (Å²) >= 11 is 6.41. The lowest BCUT2D eigenvalue weighted by atomic mass is 10.0. The van der Waals surface area contributed by atoms with Crippen molar-refractivity contribution in [2.24, 2.45) is 0 Å². The maximum atomic E-state index is 14.1. The van der Waals surface area contributed by atoms with Crippen LogP contribution in [0.2, 0.25) is 5.02 Å². The number of urea groups is 1. The van der Waals surface area contributed by atoms with E-state index in [1.165, 1.54) is 61.6 Å². The first-order chi connectivity index (χ1) is 25.1. The number of hydrogen-bond acceptors (Lipinski definition) is 8. The van der Waals surface area contributed by atoms with Gasteiger partial charge in [0.05, 0.1) is 21.0 Å². The lowest BCUT2D eigenvalue weighted by molar-refractivity contribution is -0.131. The highest BCUT2D eigenvalue weighted by Gasteiger charge is 2.48. The second kappa shape index (κ2) is 18.3. The van der Waals surface area contributed by atoms with Crippen molar-refractivity contribution in [2.75, 3.05) is 18.4 Å². The minimum absolute atomic E-state index is 0.0233. The molecule has 52 heavy (non-hydrogen) atoms. The summed E-state index contributed by atoms with van der Waals surface area (Å²) in [7, 11) is -3.99. The van der Waals surface area contributed by atoms with Crippen LogP contribution in [0.25, 0.3) is 11.0 Å². The molecule has 0 bridgehead atoms. The van der Waals surface area contributed by atoms with Gasteiger partial charge in [-0.15, -0.1) is 0 Å². The van der Waals surface area contributed by atoms with Gasteiger partial charge in [0.2, 0.25) is 15.8 Å². The van der Waals surface area contributed by atoms with Gasteiger partial charge in [-0.3, -0.25) is 14.4 Å². The fraction of sp³-hybridized carbons (Fsp3) is 0.395. The van der Waals surface area contributed by atoms with Gasteiger partial charge < -0.3 is 14.7 Å². The third-order valence-electron chi connectivity index (χ3n) is 8.98. The molecule has 2 heterocycles. The number of hydrogen-bond donors (Lipinski definition) is 2. The van der Waals surface area contributed by atoms with Crippen LogP contribution in [0, 0.1) is 0 Å². The third-order valence-corrected chi connectivity index (χ3v) is 10.8. The maximum Gasteiger partial charge on any atom is 0.328 e. The number of sulfonamides is 1. The molecule has 3 aromatic carbocycles. The van der Waals surface area contributed by atoms with E-state index < -0.39 is 39.7 Å². The van der Waals surface area contributed by atoms with Gasteiger partial charge in [0, 0.05) is 13.1 Å². The van der Waals surface area contributed by atoms with Crippen LogP contribution in [0.4, 0.5) is 10.5 Å². The highest BCUT2D eigenvalue weighted by atomic mass is 35.5. The minimum atomic E-state index is -3.99. The number of benzene rings is 3. The van der Waals surface area contributed by atoms with Crippen LogP contribution < -0.4 is 10.0 Å². The summed E-state index contributed by atoms with van der Waals surface area (Å²) in [5.41, 5.74) is 0.626. The molecule has 1 aliphatic heterocycles. The van der Waals surface area contributed by atoms with Crippen LogP contribution in [0.15, 0.2) is 82.2 Å². The zero-order valence-corrected chi connectivity index (χ0v) is 30.8. The number of halogens is 1. The van der Waals surface area contributed by atoms with E-state index in [0.29, 0.717) is 11.3 Å². The topological polar surface area (TPSA) is 159 Å². The van der Waals surface area contributed by atoms with E-state index in [2.05, 4.69) is 22.1 Å². The van der Waals surface area contributed by atoms with Crippen molar-refractivity contribution in [3.8, 4) is 0 Å². The number of rotatable bonds is 20. The first-order valence-electron chi connectivity index (χ1n) is 17.7. The smallest absolute Gasteiger partial charge is 0.328 e. The van der Waals surface area contributed by atoms with Crippen molar-refractivity contribution >= 4 is 61.9 Å². The molecule has 1 aliphatic rings. The summed E-state index contributed by atoms with van der Waals surface area (Å²) in [5.74, 6) is -2.83. The van der Waals surface area contributed by atoms with E-state index in [9.17, 15) is 27.6 Å². The molecule has 12 nitrogen and oxygen atoms in total. The van der Waals surface area contributed by atoms with Crippen LogP contribution in [0.5, 0.6) is 0 Å². The summed E-state index contributed by atoms with van der Waals surface area (Å²) < 4.78 is 34.3. The Balaban J connectivity index is 1.30. The molecular formula is C38H44ClN5O7S. The first-order valence-corrected chi connectivity index (χ1v) is 19.6. The number of Topliss-reactive ketones (excluding diaryl/α,β-unsaturated/α-hetero) is 1. The Morgan fingerprint density at radius 1 is 0.885 bits per heavy atom. The largest absolute Gasteiger partial charge is 0.356 e. The number of anilines is 1. The molecule has 0 radical (unpaired) electrons. The molecule has 1 atom stereocenters. The van der Waals surface area contributed by atoms with Crippen molar-refractivity contribution in [1.82, 2.24) is 19.7 Å². The number of unbranched alkanes of at least 4 members (excludes halogenated alkanes) is 9. The molecule has 4 aromatic rings. The van der Waals surface area contributed by atoms with Gasteiger partial charge in [-0.25, -0.2) is 22.8 Å². The van der Waals surface area contributed by atoms with Crippen molar-refractivity contribution in [2.45, 2.75) is 88.6 Å². The van der Waals surface area contributed by atoms with Crippen molar-refractivity contribution in [1.29, 1.82) is 0 Å². The number of ketones is 1. The SMILES string of the molecule is CCCCCCCCCCCCNS(=O)(=O)c1ccc(Cl)c(NC(=O)C(C(=O)c2noc3ccccc23)N2C(=O)CN(Cc3ccccc3)C2=O)c1. The molecule has 0 aliphatic carbocycles. The molecule has 5 rings (SSSR count). The number of aromatic nitrogens is 1. The van der Waals surface area contributed by atoms with Crippen LogP contribution in [-0.4, -0.2) is 66.1 Å². The van der Waals surface area contributed by atoms with Crippen LogP contribution in [-0.2, 0) is 26.2 Å². The van der Waals surface area contributed by atoms with E-state index in [-0.39, 0.29) is 51.9 Å². The standard InChI is InChI=1S/C38H44ClN5O7S/c1-2-3-4-5-6-7-8-9-10-16-23-40-52(49,50)28-21-22-30(39)31(24-28)41-37(47)35(36(46)34-29-19-14-15-20-32(29)51-42-34)44-33(45)26-43(38(44)48)25-27-17-12-11-13-18-27/h11-15,17-22,24,35,40H,2-10,16,23,25-26H2,1H3,(H,41,47). The third kappa shape index (κ3) is 9.64. The minimum Gasteiger partial charge on any atom is -0.356 e. The molecule has 1 aromatic heterocycles. The quantitative estimate of drug-likeness (QED) is 0.0411. The summed E-state index contributed by atoms with van der Waals surface area (Å²) in [6.45, 7) is 2.13. The zero-order chi connectivity index (χ0) is 37.1. The highest BCUT2D eigenvalue weighted by molar-refractivity contribution is 7.89. The van der Waals surface area contributed by atoms with Crippen molar-refractivity contribution in [3.63, 3.8) is 0 Å². The van der Waals surface area contributed by atoms with Crippen LogP contribution in [0.3, 0.4) is 0 Å². The Morgan fingerprint density at radius 3 is 2.25 bits per heavy atom. The average molecular weight is 750 g/mol. The van der Waals surface area contributed by atoms with Gasteiger partial charge in [-0.05, 0) is 42.3 Å². The molecule has 276 valence electrons. The van der Waals surface area contributed by atoms with E-state index >= 15 is 0 Å². The number of fused-ring (bicyclic) bond motifs is 1. The van der Waals surface area contributed by atoms with E-state index in [4.69, 9.17) is 16.1 Å². The predicted molar refractivity (Wildman–Crippen MR) is 198 cm³/mol. The Labute approximate surface area is 308 Å². The Hall–Kier alpha value is -4.59. The molecule has 1 fully saturated rings. The van der Waals surface area contributed by atoms with E-state index in [0.717, 1.165) is 24.8 Å². The molecule has 0 spiro atoms. The molecule has 2 N–H and O–H groups in total. The Kier molecular flexibility index (Phi) is 13.6. The molecular weight excluding hydrogens is 706 g/mol. The van der Waals surface area contributed by atoms with Gasteiger partial charge in [-0.2, -0.15) is 0 Å². The zero-order valence-electron chi connectivity index (χ0n) is 29.2. The Bertz CT molecular complexity index is 1990. The predicted octanol–water partition coefficient (Wildman–Crippen LogP) is 7.33. The summed E-state index contributed by atoms with van der Waals surface area (Å²) in [6.07, 6.45) is 11.2. The number of nitrogens with one attached hydrogen (secondary N) is 2. The van der Waals surface area contributed by atoms with Gasteiger partial charge >= 0.3 is 6.03 Å². The highest BCUT2D eigenvalue weighted by Crippen LogP contribution is 2.28. The normalized spacial score (nSPS) is 14.0. The number of nitrogens with zero attached hydrogens (tertiary/aromatic N) is 3. The monoisotopic (exact) mass is 749 g/mol. The average Bonchev–Trinajstić information content (AvgIpc) is 3.68. The second-order valence-corrected chi connectivity index (χ2v) is 15.1. The van der Waals surface area contributed by atoms with Gasteiger partial charge in [0.15, 0.2) is 17.3 Å². The number of imide groups is 1. The lowest BCUT2D eigenvalue weighted by Gasteiger charge is -2.24. The van der Waals surface area contributed by atoms with Crippen LogP contribution >= 0.6 is 11.6 Å². The van der Waals surface area contributed by atoms with E-state index in [1.807, 2.05) is 6.07 Å². The molecule has 14 heteroatoms. The fourth-order valence-corrected chi connectivity index (χ4v) is 7.43. The molecule has 4 amide bonds. The van der Waals surface area contributed by atoms with Gasteiger partial charge in [-0.1, -0.05) is 124 Å². The molecule has 1 saturated heterocycles. The van der Waals surface area contributed by atoms with Crippen LogP contribution in [0.1, 0.15) is 87.2 Å².